The van der Waals surface area contributed by atoms with E-state index in [-0.39, 0.29) is 6.04 Å². The Morgan fingerprint density at radius 1 is 0.950 bits per heavy atom. The van der Waals surface area contributed by atoms with Crippen LogP contribution in [0.1, 0.15) is 30.7 Å². The quantitative estimate of drug-likeness (QED) is 0.318. The third kappa shape index (κ3) is 5.93. The highest BCUT2D eigenvalue weighted by molar-refractivity contribution is 5.66. The molecular formula is C32H36N6O2. The number of nitrogens with zero attached hydrogens (tertiary/aromatic N) is 5. The van der Waals surface area contributed by atoms with Crippen LogP contribution in [0.3, 0.4) is 0 Å². The molecular weight excluding hydrogens is 500 g/mol. The number of hydrogen-bond donors (Lipinski definition) is 1. The van der Waals surface area contributed by atoms with Crippen LogP contribution in [0, 0.1) is 0 Å². The van der Waals surface area contributed by atoms with E-state index in [1.165, 1.54) is 5.56 Å². The van der Waals surface area contributed by atoms with Crippen molar-refractivity contribution in [1.29, 1.82) is 0 Å². The molecule has 206 valence electrons. The summed E-state index contributed by atoms with van der Waals surface area (Å²) in [6, 6.07) is 24.4. The predicted molar refractivity (Wildman–Crippen MR) is 158 cm³/mol. The fourth-order valence-corrected chi connectivity index (χ4v) is 5.29. The van der Waals surface area contributed by atoms with Gasteiger partial charge in [0, 0.05) is 42.5 Å². The van der Waals surface area contributed by atoms with Crippen LogP contribution in [0.2, 0.25) is 0 Å². The van der Waals surface area contributed by atoms with Gasteiger partial charge in [-0.15, -0.1) is 0 Å². The van der Waals surface area contributed by atoms with Gasteiger partial charge in [-0.2, -0.15) is 4.98 Å². The van der Waals surface area contributed by atoms with Gasteiger partial charge in [-0.25, -0.2) is 9.97 Å². The molecule has 8 nitrogen and oxygen atoms in total. The Labute approximate surface area is 236 Å². The Bertz CT molecular complexity index is 1430. The van der Waals surface area contributed by atoms with Crippen LogP contribution in [-0.2, 0) is 24.3 Å². The van der Waals surface area contributed by atoms with Crippen molar-refractivity contribution in [2.45, 2.75) is 39.5 Å². The maximum atomic E-state index is 5.89. The molecule has 6 rings (SSSR count). The van der Waals surface area contributed by atoms with Crippen LogP contribution in [0.15, 0.2) is 72.8 Å². The lowest BCUT2D eigenvalue weighted by molar-refractivity contribution is 0.0983. The van der Waals surface area contributed by atoms with Crippen molar-refractivity contribution in [1.82, 2.24) is 19.9 Å². The van der Waals surface area contributed by atoms with E-state index in [0.717, 1.165) is 85.8 Å². The zero-order chi connectivity index (χ0) is 27.3. The van der Waals surface area contributed by atoms with Gasteiger partial charge in [-0.3, -0.25) is 4.90 Å². The molecule has 0 saturated carbocycles. The number of pyridine rings is 1. The molecule has 1 unspecified atom stereocenters. The topological polar surface area (TPSA) is 75.6 Å². The van der Waals surface area contributed by atoms with Gasteiger partial charge < -0.3 is 19.7 Å². The Morgan fingerprint density at radius 2 is 1.80 bits per heavy atom. The Morgan fingerprint density at radius 3 is 2.60 bits per heavy atom. The van der Waals surface area contributed by atoms with E-state index in [4.69, 9.17) is 19.4 Å². The standard InChI is InChI=1S/C32H36N6O2/c1-3-37-17-16-27-28(20-37)34-31(36-32(27)38-18-19-39-21-23(38)2)25-12-14-26(15-13-25)33-29-10-7-11-30(35-29)40-22-24-8-5-4-6-9-24/h4-15,23H,3,16-22H2,1-2H3,(H,33,35). The number of aromatic nitrogens is 3. The number of benzene rings is 2. The highest BCUT2D eigenvalue weighted by Gasteiger charge is 2.28. The first-order chi connectivity index (χ1) is 19.7. The minimum Gasteiger partial charge on any atom is -0.473 e. The van der Waals surface area contributed by atoms with E-state index in [2.05, 4.69) is 46.1 Å². The maximum Gasteiger partial charge on any atom is 0.215 e. The van der Waals surface area contributed by atoms with E-state index >= 15 is 0 Å². The zero-order valence-electron chi connectivity index (χ0n) is 23.2. The summed E-state index contributed by atoms with van der Waals surface area (Å²) in [6.45, 7) is 10.1. The molecule has 1 saturated heterocycles. The number of fused-ring (bicyclic) bond motifs is 1. The number of ether oxygens (including phenoxy) is 2. The molecule has 2 aromatic heterocycles. The molecule has 0 amide bonds. The van der Waals surface area contributed by atoms with Crippen molar-refractivity contribution in [3.8, 4) is 17.3 Å². The summed E-state index contributed by atoms with van der Waals surface area (Å²) in [6.07, 6.45) is 0.979. The largest absolute Gasteiger partial charge is 0.473 e. The molecule has 4 aromatic rings. The number of morpholine rings is 1. The first kappa shape index (κ1) is 26.2. The molecule has 0 aliphatic carbocycles. The maximum absolute atomic E-state index is 5.89. The minimum atomic E-state index is 0.288. The molecule has 0 radical (unpaired) electrons. The van der Waals surface area contributed by atoms with Crippen LogP contribution in [0.5, 0.6) is 5.88 Å². The van der Waals surface area contributed by atoms with Crippen molar-refractivity contribution in [3.05, 3.63) is 89.6 Å². The van der Waals surface area contributed by atoms with Crippen molar-refractivity contribution in [2.24, 2.45) is 0 Å². The smallest absolute Gasteiger partial charge is 0.215 e. The number of hydrogen-bond acceptors (Lipinski definition) is 8. The summed E-state index contributed by atoms with van der Waals surface area (Å²) < 4.78 is 11.6. The van der Waals surface area contributed by atoms with Crippen molar-refractivity contribution in [3.63, 3.8) is 0 Å². The monoisotopic (exact) mass is 536 g/mol. The zero-order valence-corrected chi connectivity index (χ0v) is 23.2. The normalized spacial score (nSPS) is 17.4. The lowest BCUT2D eigenvalue weighted by Gasteiger charge is -2.37. The average Bonchev–Trinajstić information content (AvgIpc) is 3.00. The van der Waals surface area contributed by atoms with Gasteiger partial charge in [0.25, 0.3) is 0 Å². The molecule has 0 bridgehead atoms. The van der Waals surface area contributed by atoms with Crippen LogP contribution in [-0.4, -0.2) is 58.7 Å². The van der Waals surface area contributed by atoms with Gasteiger partial charge in [0.2, 0.25) is 5.88 Å². The SMILES string of the molecule is CCN1CCc2c(nc(-c3ccc(Nc4cccc(OCc5ccccc5)n4)cc3)nc2N2CCOCC2C)C1. The first-order valence-corrected chi connectivity index (χ1v) is 14.1. The highest BCUT2D eigenvalue weighted by atomic mass is 16.5. The number of rotatable bonds is 8. The van der Waals surface area contributed by atoms with Gasteiger partial charge >= 0.3 is 0 Å². The molecule has 4 heterocycles. The molecule has 2 aliphatic heterocycles. The number of nitrogens with one attached hydrogen (secondary N) is 1. The Balaban J connectivity index is 1.21. The summed E-state index contributed by atoms with van der Waals surface area (Å²) in [4.78, 5) is 19.7. The second kappa shape index (κ2) is 12.0. The van der Waals surface area contributed by atoms with Crippen LogP contribution in [0.25, 0.3) is 11.4 Å². The minimum absolute atomic E-state index is 0.288. The van der Waals surface area contributed by atoms with Gasteiger partial charge in [-0.05, 0) is 55.8 Å². The van der Waals surface area contributed by atoms with E-state index < -0.39 is 0 Å². The van der Waals surface area contributed by atoms with E-state index in [1.807, 2.05) is 60.7 Å². The van der Waals surface area contributed by atoms with E-state index in [1.54, 1.807) is 0 Å². The molecule has 1 N–H and O–H groups in total. The summed E-state index contributed by atoms with van der Waals surface area (Å²) >= 11 is 0. The summed E-state index contributed by atoms with van der Waals surface area (Å²) in [7, 11) is 0. The van der Waals surface area contributed by atoms with Crippen molar-refractivity contribution in [2.75, 3.05) is 43.1 Å². The average molecular weight is 537 g/mol. The Kier molecular flexibility index (Phi) is 7.88. The fourth-order valence-electron chi connectivity index (χ4n) is 5.29. The number of anilines is 3. The summed E-state index contributed by atoms with van der Waals surface area (Å²) in [5.74, 6) is 3.15. The van der Waals surface area contributed by atoms with Gasteiger partial charge in [0.1, 0.15) is 18.2 Å². The lowest BCUT2D eigenvalue weighted by Crippen LogP contribution is -2.45. The van der Waals surface area contributed by atoms with Gasteiger partial charge in [0.15, 0.2) is 5.82 Å². The lowest BCUT2D eigenvalue weighted by atomic mass is 10.0. The first-order valence-electron chi connectivity index (χ1n) is 14.1. The van der Waals surface area contributed by atoms with Gasteiger partial charge in [0.05, 0.1) is 24.9 Å². The molecule has 8 heteroatoms. The van der Waals surface area contributed by atoms with E-state index in [9.17, 15) is 0 Å². The summed E-state index contributed by atoms with van der Waals surface area (Å²) in [5.41, 5.74) is 5.48. The molecule has 0 spiro atoms. The molecule has 2 aromatic carbocycles. The van der Waals surface area contributed by atoms with Crippen molar-refractivity contribution < 1.29 is 9.47 Å². The summed E-state index contributed by atoms with van der Waals surface area (Å²) in [5, 5.41) is 3.39. The fraction of sp³-hybridized carbons (Fsp3) is 0.344. The van der Waals surface area contributed by atoms with Gasteiger partial charge in [-0.1, -0.05) is 43.3 Å². The second-order valence-corrected chi connectivity index (χ2v) is 10.4. The Hall–Kier alpha value is -4.01. The van der Waals surface area contributed by atoms with Crippen LogP contribution in [0.4, 0.5) is 17.3 Å². The van der Waals surface area contributed by atoms with Crippen molar-refractivity contribution >= 4 is 17.3 Å². The molecule has 2 aliphatic rings. The molecule has 1 fully saturated rings. The highest BCUT2D eigenvalue weighted by Crippen LogP contribution is 2.32. The van der Waals surface area contributed by atoms with Crippen LogP contribution >= 0.6 is 0 Å². The molecule has 1 atom stereocenters. The predicted octanol–water partition coefficient (Wildman–Crippen LogP) is 5.46. The molecule has 40 heavy (non-hydrogen) atoms. The van der Waals surface area contributed by atoms with E-state index in [0.29, 0.717) is 12.5 Å². The van der Waals surface area contributed by atoms with Crippen LogP contribution < -0.4 is 15.0 Å². The number of likely N-dealkylation sites (N-methyl/N-ethyl adjacent to an activating group) is 1. The third-order valence-electron chi connectivity index (χ3n) is 7.58. The third-order valence-corrected chi connectivity index (χ3v) is 7.58. The second-order valence-electron chi connectivity index (χ2n) is 10.4.